The Kier molecular flexibility index (Phi) is 4.35. The number of hydrogen-bond acceptors (Lipinski definition) is 1. The normalized spacial score (nSPS) is 28.2. The molecule has 2 rings (SSSR count). The Hall–Kier alpha value is -0.820. The highest BCUT2D eigenvalue weighted by molar-refractivity contribution is 5.38. The molecule has 0 radical (unpaired) electrons. The minimum absolute atomic E-state index is 0.477. The van der Waals surface area contributed by atoms with Gasteiger partial charge in [0.05, 0.1) is 5.60 Å². The van der Waals surface area contributed by atoms with Crippen LogP contribution in [0.1, 0.15) is 61.3 Å². The first-order valence-electron chi connectivity index (χ1n) is 7.69. The van der Waals surface area contributed by atoms with Gasteiger partial charge in [0, 0.05) is 6.42 Å². The van der Waals surface area contributed by atoms with E-state index in [1.54, 1.807) is 0 Å². The maximum Gasteiger partial charge on any atom is 0.0688 e. The van der Waals surface area contributed by atoms with E-state index in [1.165, 1.54) is 41.5 Å². The zero-order valence-corrected chi connectivity index (χ0v) is 12.9. The molecule has 19 heavy (non-hydrogen) atoms. The van der Waals surface area contributed by atoms with Gasteiger partial charge in [-0.05, 0) is 62.6 Å². The van der Waals surface area contributed by atoms with Gasteiger partial charge in [-0.3, -0.25) is 0 Å². The molecule has 1 heteroatoms. The molecule has 0 amide bonds. The Morgan fingerprint density at radius 1 is 1.11 bits per heavy atom. The highest BCUT2D eigenvalue weighted by Gasteiger charge is 2.30. The molecule has 0 aliphatic heterocycles. The van der Waals surface area contributed by atoms with Crippen molar-refractivity contribution in [1.82, 2.24) is 0 Å². The summed E-state index contributed by atoms with van der Waals surface area (Å²) in [6.07, 6.45) is 6.36. The Balaban J connectivity index is 2.20. The minimum atomic E-state index is -0.477. The van der Waals surface area contributed by atoms with Crippen molar-refractivity contribution >= 4 is 0 Å². The molecule has 1 aliphatic carbocycles. The van der Waals surface area contributed by atoms with Crippen LogP contribution in [0.25, 0.3) is 0 Å². The van der Waals surface area contributed by atoms with Gasteiger partial charge in [-0.25, -0.2) is 0 Å². The summed E-state index contributed by atoms with van der Waals surface area (Å²) in [6.45, 7) is 8.82. The number of aliphatic hydroxyl groups is 1. The summed E-state index contributed by atoms with van der Waals surface area (Å²) in [6, 6.07) is 4.48. The van der Waals surface area contributed by atoms with E-state index >= 15 is 0 Å². The molecule has 1 saturated carbocycles. The highest BCUT2D eigenvalue weighted by atomic mass is 16.3. The van der Waals surface area contributed by atoms with Crippen LogP contribution in [0.15, 0.2) is 12.1 Å². The minimum Gasteiger partial charge on any atom is -0.390 e. The summed E-state index contributed by atoms with van der Waals surface area (Å²) >= 11 is 0. The second-order valence-electron chi connectivity index (χ2n) is 6.81. The molecule has 0 bridgehead atoms. The van der Waals surface area contributed by atoms with E-state index in [4.69, 9.17) is 0 Å². The monoisotopic (exact) mass is 260 g/mol. The van der Waals surface area contributed by atoms with Crippen molar-refractivity contribution in [3.05, 3.63) is 34.4 Å². The van der Waals surface area contributed by atoms with Crippen molar-refractivity contribution in [2.45, 2.75) is 71.8 Å². The van der Waals surface area contributed by atoms with Gasteiger partial charge in [0.2, 0.25) is 0 Å². The molecular weight excluding hydrogens is 232 g/mol. The van der Waals surface area contributed by atoms with E-state index in [2.05, 4.69) is 39.8 Å². The second-order valence-corrected chi connectivity index (χ2v) is 6.81. The molecule has 0 aromatic heterocycles. The van der Waals surface area contributed by atoms with Crippen LogP contribution < -0.4 is 0 Å². The van der Waals surface area contributed by atoms with Crippen LogP contribution in [-0.2, 0) is 6.42 Å². The lowest BCUT2D eigenvalue weighted by Gasteiger charge is -2.28. The third-order valence-electron chi connectivity index (χ3n) is 4.79. The fourth-order valence-corrected chi connectivity index (χ4v) is 3.56. The Labute approximate surface area is 118 Å². The first-order chi connectivity index (χ1) is 8.89. The van der Waals surface area contributed by atoms with Crippen LogP contribution in [0.2, 0.25) is 0 Å². The molecule has 106 valence electrons. The topological polar surface area (TPSA) is 20.2 Å². The Morgan fingerprint density at radius 3 is 2.37 bits per heavy atom. The lowest BCUT2D eigenvalue weighted by Crippen LogP contribution is -2.31. The summed E-state index contributed by atoms with van der Waals surface area (Å²) in [7, 11) is 0. The zero-order valence-electron chi connectivity index (χ0n) is 12.9. The number of benzene rings is 1. The highest BCUT2D eigenvalue weighted by Crippen LogP contribution is 2.34. The predicted octanol–water partition coefficient (Wildman–Crippen LogP) is 4.49. The molecule has 1 aromatic carbocycles. The number of aryl methyl sites for hydroxylation is 3. The third kappa shape index (κ3) is 3.60. The van der Waals surface area contributed by atoms with Gasteiger partial charge in [-0.2, -0.15) is 0 Å². The smallest absolute Gasteiger partial charge is 0.0688 e. The first-order valence-corrected chi connectivity index (χ1v) is 7.69. The largest absolute Gasteiger partial charge is 0.390 e. The average molecular weight is 260 g/mol. The molecule has 1 aromatic rings. The van der Waals surface area contributed by atoms with Crippen LogP contribution in [0.4, 0.5) is 0 Å². The molecule has 1 fully saturated rings. The molecule has 0 spiro atoms. The quantitative estimate of drug-likeness (QED) is 0.777. The summed E-state index contributed by atoms with van der Waals surface area (Å²) in [4.78, 5) is 0. The van der Waals surface area contributed by atoms with E-state index in [0.717, 1.165) is 25.2 Å². The molecule has 1 aliphatic rings. The van der Waals surface area contributed by atoms with Gasteiger partial charge >= 0.3 is 0 Å². The SMILES string of the molecule is Cc1cc(C)c(CC2(O)CCCC(C)CC2)c(C)c1. The fourth-order valence-electron chi connectivity index (χ4n) is 3.56. The average Bonchev–Trinajstić information content (AvgIpc) is 2.47. The summed E-state index contributed by atoms with van der Waals surface area (Å²) < 4.78 is 0. The molecule has 2 unspecified atom stereocenters. The Bertz CT molecular complexity index is 426. The van der Waals surface area contributed by atoms with Gasteiger partial charge in [0.25, 0.3) is 0 Å². The summed E-state index contributed by atoms with van der Waals surface area (Å²) in [5, 5.41) is 10.9. The standard InChI is InChI=1S/C18H28O/c1-13-6-5-8-18(19,9-7-13)12-17-15(3)10-14(2)11-16(17)4/h10-11,13,19H,5-9,12H2,1-4H3. The van der Waals surface area contributed by atoms with Gasteiger partial charge < -0.3 is 5.11 Å². The molecule has 0 heterocycles. The van der Waals surface area contributed by atoms with Crippen LogP contribution in [-0.4, -0.2) is 10.7 Å². The number of hydrogen-bond donors (Lipinski definition) is 1. The molecule has 1 nitrogen and oxygen atoms in total. The first kappa shape index (κ1) is 14.6. The van der Waals surface area contributed by atoms with Crippen molar-refractivity contribution in [1.29, 1.82) is 0 Å². The van der Waals surface area contributed by atoms with Crippen molar-refractivity contribution in [3.8, 4) is 0 Å². The van der Waals surface area contributed by atoms with E-state index in [9.17, 15) is 5.11 Å². The van der Waals surface area contributed by atoms with Gasteiger partial charge in [-0.15, -0.1) is 0 Å². The second kappa shape index (κ2) is 5.66. The van der Waals surface area contributed by atoms with E-state index < -0.39 is 5.60 Å². The van der Waals surface area contributed by atoms with Crippen molar-refractivity contribution in [2.24, 2.45) is 5.92 Å². The van der Waals surface area contributed by atoms with Crippen molar-refractivity contribution in [3.63, 3.8) is 0 Å². The van der Waals surface area contributed by atoms with Crippen LogP contribution in [0, 0.1) is 26.7 Å². The van der Waals surface area contributed by atoms with Crippen LogP contribution >= 0.6 is 0 Å². The number of rotatable bonds is 2. The fraction of sp³-hybridized carbons (Fsp3) is 0.667. The van der Waals surface area contributed by atoms with Crippen LogP contribution in [0.5, 0.6) is 0 Å². The zero-order chi connectivity index (χ0) is 14.0. The third-order valence-corrected chi connectivity index (χ3v) is 4.79. The van der Waals surface area contributed by atoms with E-state index in [0.29, 0.717) is 0 Å². The van der Waals surface area contributed by atoms with Gasteiger partial charge in [0.15, 0.2) is 0 Å². The van der Waals surface area contributed by atoms with Crippen molar-refractivity contribution in [2.75, 3.05) is 0 Å². The maximum atomic E-state index is 10.9. The van der Waals surface area contributed by atoms with E-state index in [-0.39, 0.29) is 0 Å². The molecule has 2 atom stereocenters. The molecule has 1 N–H and O–H groups in total. The van der Waals surface area contributed by atoms with Crippen LogP contribution in [0.3, 0.4) is 0 Å². The van der Waals surface area contributed by atoms with Crippen molar-refractivity contribution < 1.29 is 5.11 Å². The lowest BCUT2D eigenvalue weighted by atomic mass is 9.84. The molecular formula is C18H28O. The van der Waals surface area contributed by atoms with Gasteiger partial charge in [0.1, 0.15) is 0 Å². The summed E-state index contributed by atoms with van der Waals surface area (Å²) in [5.41, 5.74) is 4.88. The molecule has 0 saturated heterocycles. The predicted molar refractivity (Wildman–Crippen MR) is 81.6 cm³/mol. The van der Waals surface area contributed by atoms with Gasteiger partial charge in [-0.1, -0.05) is 37.5 Å². The van der Waals surface area contributed by atoms with E-state index in [1.807, 2.05) is 0 Å². The lowest BCUT2D eigenvalue weighted by molar-refractivity contribution is 0.0241. The summed E-state index contributed by atoms with van der Waals surface area (Å²) in [5.74, 6) is 0.772. The maximum absolute atomic E-state index is 10.9. The Morgan fingerprint density at radius 2 is 1.74 bits per heavy atom.